The predicted molar refractivity (Wildman–Crippen MR) is 174 cm³/mol. The topological polar surface area (TPSA) is 57.6 Å². The fourth-order valence-electron chi connectivity index (χ4n) is 5.85. The number of rotatable bonds is 32. The zero-order valence-electron chi connectivity index (χ0n) is 27.7. The molecule has 0 amide bonds. The van der Waals surface area contributed by atoms with Gasteiger partial charge in [-0.25, -0.2) is 0 Å². The summed E-state index contributed by atoms with van der Waals surface area (Å²) in [5, 5.41) is 10.7. The minimum Gasteiger partial charge on any atom is -0.383 e. The van der Waals surface area contributed by atoms with Crippen molar-refractivity contribution in [3.8, 4) is 0 Å². The standard InChI is InChI=1S/C36H71NO3/c1-5-7-9-11-13-15-17-19-21-23-25-27-29-31-33(38)35(37(3)4)36(40)34(39)32-30-28-26-24-22-20-18-16-14-12-10-8-6-2/h35-36,40H,5-32H2,1-4H3. The zero-order chi connectivity index (χ0) is 29.7. The summed E-state index contributed by atoms with van der Waals surface area (Å²) in [7, 11) is 3.60. The Balaban J connectivity index is 3.84. The van der Waals surface area contributed by atoms with Crippen molar-refractivity contribution >= 4 is 11.6 Å². The highest BCUT2D eigenvalue weighted by Gasteiger charge is 2.32. The number of carbonyl (C=O) groups excluding carboxylic acids is 2. The molecule has 0 aromatic carbocycles. The second kappa shape index (κ2) is 29.7. The third-order valence-corrected chi connectivity index (χ3v) is 8.57. The van der Waals surface area contributed by atoms with Crippen LogP contribution in [-0.2, 0) is 9.59 Å². The van der Waals surface area contributed by atoms with E-state index in [4.69, 9.17) is 0 Å². The lowest BCUT2D eigenvalue weighted by Crippen LogP contribution is -2.48. The molecule has 0 fully saturated rings. The van der Waals surface area contributed by atoms with E-state index in [0.29, 0.717) is 12.8 Å². The highest BCUT2D eigenvalue weighted by atomic mass is 16.3. The normalized spacial score (nSPS) is 13.2. The number of unbranched alkanes of at least 4 members (excludes halogenated alkanes) is 24. The molecule has 0 radical (unpaired) electrons. The Hall–Kier alpha value is -0.740. The molecule has 4 heteroatoms. The van der Waals surface area contributed by atoms with Gasteiger partial charge in [0.2, 0.25) is 0 Å². The van der Waals surface area contributed by atoms with E-state index in [1.807, 2.05) is 0 Å². The molecule has 2 atom stereocenters. The highest BCUT2D eigenvalue weighted by molar-refractivity contribution is 5.93. The molecule has 0 rings (SSSR count). The molecular formula is C36H71NO3. The molecule has 0 aliphatic heterocycles. The molecule has 0 aliphatic carbocycles. The lowest BCUT2D eigenvalue weighted by molar-refractivity contribution is -0.138. The fraction of sp³-hybridized carbons (Fsp3) is 0.944. The summed E-state index contributed by atoms with van der Waals surface area (Å²) >= 11 is 0. The number of aliphatic hydroxyl groups is 1. The van der Waals surface area contributed by atoms with Crippen LogP contribution in [0.25, 0.3) is 0 Å². The predicted octanol–water partition coefficient (Wildman–Crippen LogP) is 10.4. The van der Waals surface area contributed by atoms with Gasteiger partial charge < -0.3 is 5.11 Å². The number of likely N-dealkylation sites (N-methyl/N-ethyl adjacent to an activating group) is 1. The van der Waals surface area contributed by atoms with Crippen LogP contribution in [0.5, 0.6) is 0 Å². The Morgan fingerprint density at radius 3 is 0.975 bits per heavy atom. The Kier molecular flexibility index (Phi) is 29.2. The fourth-order valence-corrected chi connectivity index (χ4v) is 5.85. The van der Waals surface area contributed by atoms with Crippen molar-refractivity contribution < 1.29 is 14.7 Å². The monoisotopic (exact) mass is 566 g/mol. The number of ketones is 2. The van der Waals surface area contributed by atoms with Crippen molar-refractivity contribution in [3.63, 3.8) is 0 Å². The number of nitrogens with zero attached hydrogens (tertiary/aromatic N) is 1. The van der Waals surface area contributed by atoms with E-state index in [9.17, 15) is 14.7 Å². The molecule has 0 spiro atoms. The molecule has 1 N–H and O–H groups in total. The molecule has 0 aliphatic rings. The summed E-state index contributed by atoms with van der Waals surface area (Å²) < 4.78 is 0. The SMILES string of the molecule is CCCCCCCCCCCCCCCC(=O)C(O)C(C(=O)CCCCCCCCCCCCCCC)N(C)C. The van der Waals surface area contributed by atoms with Crippen LogP contribution in [0, 0.1) is 0 Å². The van der Waals surface area contributed by atoms with E-state index in [1.165, 1.54) is 135 Å². The number of hydrogen-bond acceptors (Lipinski definition) is 4. The Labute approximate surface area is 250 Å². The van der Waals surface area contributed by atoms with Gasteiger partial charge in [0.25, 0.3) is 0 Å². The minimum absolute atomic E-state index is 0.0132. The van der Waals surface area contributed by atoms with Crippen LogP contribution in [0.1, 0.15) is 194 Å². The van der Waals surface area contributed by atoms with Gasteiger partial charge in [-0.15, -0.1) is 0 Å². The molecule has 0 aromatic heterocycles. The van der Waals surface area contributed by atoms with Gasteiger partial charge in [0.1, 0.15) is 12.1 Å². The highest BCUT2D eigenvalue weighted by Crippen LogP contribution is 2.17. The summed E-state index contributed by atoms with van der Waals surface area (Å²) in [6.07, 6.45) is 32.8. The third kappa shape index (κ3) is 23.9. The largest absolute Gasteiger partial charge is 0.383 e. The van der Waals surface area contributed by atoms with Crippen molar-refractivity contribution in [1.29, 1.82) is 0 Å². The maximum Gasteiger partial charge on any atom is 0.163 e. The molecular weight excluding hydrogens is 494 g/mol. The van der Waals surface area contributed by atoms with Crippen LogP contribution in [0.3, 0.4) is 0 Å². The minimum atomic E-state index is -1.19. The van der Waals surface area contributed by atoms with Crippen LogP contribution in [-0.4, -0.2) is 47.8 Å². The lowest BCUT2D eigenvalue weighted by atomic mass is 9.94. The van der Waals surface area contributed by atoms with Gasteiger partial charge in [-0.2, -0.15) is 0 Å². The van der Waals surface area contributed by atoms with Gasteiger partial charge in [-0.3, -0.25) is 14.5 Å². The maximum atomic E-state index is 12.9. The van der Waals surface area contributed by atoms with Crippen LogP contribution in [0.15, 0.2) is 0 Å². The first-order valence-electron chi connectivity index (χ1n) is 17.9. The molecule has 0 saturated carbocycles. The van der Waals surface area contributed by atoms with Crippen molar-refractivity contribution in [2.45, 2.75) is 206 Å². The van der Waals surface area contributed by atoms with E-state index in [-0.39, 0.29) is 11.6 Å². The molecule has 4 nitrogen and oxygen atoms in total. The van der Waals surface area contributed by atoms with Gasteiger partial charge in [-0.05, 0) is 26.9 Å². The van der Waals surface area contributed by atoms with Crippen molar-refractivity contribution in [2.24, 2.45) is 0 Å². The van der Waals surface area contributed by atoms with E-state index < -0.39 is 12.1 Å². The smallest absolute Gasteiger partial charge is 0.163 e. The van der Waals surface area contributed by atoms with Gasteiger partial charge in [0.05, 0.1) is 0 Å². The molecule has 238 valence electrons. The molecule has 0 saturated heterocycles. The van der Waals surface area contributed by atoms with Crippen molar-refractivity contribution in [2.75, 3.05) is 14.1 Å². The summed E-state index contributed by atoms with van der Waals surface area (Å²) in [4.78, 5) is 27.3. The van der Waals surface area contributed by atoms with Gasteiger partial charge in [-0.1, -0.05) is 168 Å². The first-order valence-corrected chi connectivity index (χ1v) is 17.9. The zero-order valence-corrected chi connectivity index (χ0v) is 27.7. The maximum absolute atomic E-state index is 12.9. The summed E-state index contributed by atoms with van der Waals surface area (Å²) in [5.41, 5.74) is 0. The van der Waals surface area contributed by atoms with Crippen LogP contribution < -0.4 is 0 Å². The number of Topliss-reactive ketones (excluding diaryl/α,β-unsaturated/α-hetero) is 2. The number of aliphatic hydroxyl groups excluding tert-OH is 1. The summed E-state index contributed by atoms with van der Waals surface area (Å²) in [6.45, 7) is 4.53. The van der Waals surface area contributed by atoms with E-state index in [2.05, 4.69) is 13.8 Å². The number of carbonyl (C=O) groups is 2. The number of hydrogen-bond donors (Lipinski definition) is 1. The van der Waals surface area contributed by atoms with Crippen LogP contribution in [0.4, 0.5) is 0 Å². The van der Waals surface area contributed by atoms with E-state index in [0.717, 1.165) is 32.1 Å². The summed E-state index contributed by atoms with van der Waals surface area (Å²) in [5.74, 6) is -0.153. The molecule has 40 heavy (non-hydrogen) atoms. The quantitative estimate of drug-likeness (QED) is 0.0824. The van der Waals surface area contributed by atoms with Crippen molar-refractivity contribution in [3.05, 3.63) is 0 Å². The average molecular weight is 566 g/mol. The molecule has 2 unspecified atom stereocenters. The van der Waals surface area contributed by atoms with E-state index in [1.54, 1.807) is 19.0 Å². The van der Waals surface area contributed by atoms with E-state index >= 15 is 0 Å². The van der Waals surface area contributed by atoms with Gasteiger partial charge >= 0.3 is 0 Å². The first kappa shape index (κ1) is 39.3. The second-order valence-corrected chi connectivity index (χ2v) is 12.8. The summed E-state index contributed by atoms with van der Waals surface area (Å²) in [6, 6.07) is -0.702. The van der Waals surface area contributed by atoms with Gasteiger partial charge in [0.15, 0.2) is 11.6 Å². The van der Waals surface area contributed by atoms with Gasteiger partial charge in [0, 0.05) is 12.8 Å². The Bertz CT molecular complexity index is 562. The Morgan fingerprint density at radius 2 is 0.700 bits per heavy atom. The third-order valence-electron chi connectivity index (χ3n) is 8.57. The second-order valence-electron chi connectivity index (χ2n) is 12.8. The molecule has 0 bridgehead atoms. The van der Waals surface area contributed by atoms with Crippen molar-refractivity contribution in [1.82, 2.24) is 4.90 Å². The Morgan fingerprint density at radius 1 is 0.450 bits per heavy atom. The molecule has 0 aromatic rings. The lowest BCUT2D eigenvalue weighted by Gasteiger charge is -2.27. The first-order chi connectivity index (χ1) is 19.5. The van der Waals surface area contributed by atoms with Crippen LogP contribution >= 0.6 is 0 Å². The van der Waals surface area contributed by atoms with Crippen LogP contribution in [0.2, 0.25) is 0 Å². The average Bonchev–Trinajstić information content (AvgIpc) is 2.93. The molecule has 0 heterocycles.